The lowest BCUT2D eigenvalue weighted by molar-refractivity contribution is 0.419. The molecule has 1 saturated heterocycles. The summed E-state index contributed by atoms with van der Waals surface area (Å²) >= 11 is 3.58. The van der Waals surface area contributed by atoms with E-state index < -0.39 is 30.1 Å². The van der Waals surface area contributed by atoms with Crippen LogP contribution in [0.25, 0.3) is 32.3 Å². The fourth-order valence-electron chi connectivity index (χ4n) is 12.8. The molecule has 0 unspecified atom stereocenters. The Bertz CT molecular complexity index is 4520. The predicted molar refractivity (Wildman–Crippen MR) is 403 cm³/mol. The molecule has 3 aliphatic rings. The molecule has 12 rings (SSSR count). The van der Waals surface area contributed by atoms with Crippen LogP contribution in [0.1, 0.15) is 119 Å². The van der Waals surface area contributed by atoms with E-state index in [1.54, 1.807) is 133 Å². The molecule has 0 radical (unpaired) electrons. The molecule has 0 atom stereocenters. The summed E-state index contributed by atoms with van der Waals surface area (Å²) in [6.07, 6.45) is 17.4. The van der Waals surface area contributed by atoms with E-state index in [-0.39, 0.29) is 66.5 Å². The lowest BCUT2D eigenvalue weighted by Gasteiger charge is -2.23. The zero-order valence-electron chi connectivity index (χ0n) is 54.5. The van der Waals surface area contributed by atoms with Crippen LogP contribution in [0.3, 0.4) is 0 Å². The monoisotopic (exact) mass is 1440 g/mol. The maximum atomic E-state index is 13.4. The molecule has 16 nitrogen and oxygen atoms in total. The Balaban J connectivity index is 0.000000159. The smallest absolute Gasteiger partial charge is 0.261 e. The maximum Gasteiger partial charge on any atom is 0.261 e. The number of fused-ring (bicyclic) bond motifs is 3. The van der Waals surface area contributed by atoms with Gasteiger partial charge in [-0.25, -0.2) is 25.3 Å². The van der Waals surface area contributed by atoms with Gasteiger partial charge in [0, 0.05) is 51.1 Å². The number of hydrogen-bond donors (Lipinski definition) is 9. The van der Waals surface area contributed by atoms with Crippen molar-refractivity contribution in [2.45, 2.75) is 138 Å². The van der Waals surface area contributed by atoms with Crippen LogP contribution in [-0.4, -0.2) is 86.2 Å². The first-order chi connectivity index (χ1) is 47.0. The number of aliphatic hydroxyl groups excluding tert-OH is 3. The Hall–Kier alpha value is -8.12. The molecule has 98 heavy (non-hydrogen) atoms. The normalized spacial score (nSPS) is 15.0. The molecule has 22 heteroatoms. The van der Waals surface area contributed by atoms with Gasteiger partial charge in [0.2, 0.25) is 0 Å². The molecule has 9 N–H and O–H groups in total. The third-order valence-corrected chi connectivity index (χ3v) is 25.1. The van der Waals surface area contributed by atoms with Gasteiger partial charge in [-0.1, -0.05) is 181 Å². The molecule has 9 aromatic carbocycles. The van der Waals surface area contributed by atoms with E-state index >= 15 is 0 Å². The van der Waals surface area contributed by atoms with Gasteiger partial charge >= 0.3 is 0 Å². The predicted octanol–water partition coefficient (Wildman–Crippen LogP) is 19.4. The summed E-state index contributed by atoms with van der Waals surface area (Å²) in [6.45, 7) is 12.3. The van der Waals surface area contributed by atoms with Gasteiger partial charge in [0.1, 0.15) is 17.2 Å². The largest absolute Gasteiger partial charge is 0.512 e. The molecule has 516 valence electrons. The van der Waals surface area contributed by atoms with E-state index in [1.807, 2.05) is 30.3 Å². The Morgan fingerprint density at radius 3 is 1.01 bits per heavy atom. The molecule has 1 heterocycles. The number of nitrogens with one attached hydrogen (secondary N) is 3. The molecule has 0 bridgehead atoms. The van der Waals surface area contributed by atoms with Crippen LogP contribution >= 0.6 is 35.3 Å². The van der Waals surface area contributed by atoms with Gasteiger partial charge in [-0.2, -0.15) is 0 Å². The van der Waals surface area contributed by atoms with Crippen LogP contribution in [0.2, 0.25) is 0 Å². The molecular weight excluding hydrogens is 1350 g/mol. The van der Waals surface area contributed by atoms with E-state index in [0.717, 1.165) is 68.4 Å². The number of phenolic OH excluding ortho intramolecular Hbond substituents is 3. The highest BCUT2D eigenvalue weighted by Gasteiger charge is 2.26. The van der Waals surface area contributed by atoms with E-state index in [0.29, 0.717) is 75.9 Å². The van der Waals surface area contributed by atoms with Gasteiger partial charge in [0.25, 0.3) is 30.1 Å². The van der Waals surface area contributed by atoms with Gasteiger partial charge < -0.3 is 35.5 Å². The number of aromatic hydroxyl groups is 3. The van der Waals surface area contributed by atoms with Gasteiger partial charge in [-0.3, -0.25) is 14.2 Å². The fourth-order valence-corrected chi connectivity index (χ4v) is 18.4. The number of anilines is 4. The fraction of sp³-hybridized carbons (Fsp3) is 0.289. The summed E-state index contributed by atoms with van der Waals surface area (Å²) in [4.78, 5) is 4.30. The molecule has 0 aromatic heterocycles. The quantitative estimate of drug-likeness (QED) is 0.0140. The molecule has 0 spiro atoms. The first-order valence-corrected chi connectivity index (χ1v) is 40.3. The van der Waals surface area contributed by atoms with Gasteiger partial charge in [0.05, 0.1) is 81.0 Å². The minimum atomic E-state index is -3.87. The molecule has 3 fully saturated rings. The molecule has 2 aliphatic carbocycles. The number of phenols is 3. The summed E-state index contributed by atoms with van der Waals surface area (Å²) in [5.41, 5.74) is 4.19. The van der Waals surface area contributed by atoms with Crippen molar-refractivity contribution in [1.29, 1.82) is 0 Å². The van der Waals surface area contributed by atoms with Crippen LogP contribution in [0, 0.1) is 0 Å². The highest BCUT2D eigenvalue weighted by atomic mass is 32.2. The van der Waals surface area contributed by atoms with Crippen molar-refractivity contribution < 1.29 is 55.9 Å². The van der Waals surface area contributed by atoms with Crippen LogP contribution in [0.4, 0.5) is 22.7 Å². The number of sulfonamides is 3. The second-order valence-electron chi connectivity index (χ2n) is 24.9. The number of aliphatic hydroxyl groups is 3. The summed E-state index contributed by atoms with van der Waals surface area (Å²) in [6, 6.07) is 47.6. The lowest BCUT2D eigenvalue weighted by atomic mass is 9.84. The number of nitrogens with zero attached hydrogens (tertiary/aromatic N) is 1. The van der Waals surface area contributed by atoms with E-state index in [9.17, 15) is 55.9 Å². The summed E-state index contributed by atoms with van der Waals surface area (Å²) in [7, 11) is -11.5. The van der Waals surface area contributed by atoms with Crippen molar-refractivity contribution in [2.24, 2.45) is 0 Å². The number of hydrogen-bond acceptors (Lipinski definition) is 16. The van der Waals surface area contributed by atoms with Crippen molar-refractivity contribution in [3.05, 3.63) is 212 Å². The molecule has 9 aromatic rings. The summed E-state index contributed by atoms with van der Waals surface area (Å²) in [5.74, 6) is 1.45. The third-order valence-electron chi connectivity index (χ3n) is 17.7. The third kappa shape index (κ3) is 18.6. The minimum Gasteiger partial charge on any atom is -0.512 e. The zero-order chi connectivity index (χ0) is 69.6. The highest BCUT2D eigenvalue weighted by molar-refractivity contribution is 8.00. The van der Waals surface area contributed by atoms with Gasteiger partial charge in [-0.15, -0.1) is 35.3 Å². The average Bonchev–Trinajstić information content (AvgIpc) is 0.813. The van der Waals surface area contributed by atoms with Crippen LogP contribution in [0.15, 0.2) is 230 Å². The highest BCUT2D eigenvalue weighted by Crippen LogP contribution is 2.45. The van der Waals surface area contributed by atoms with Gasteiger partial charge in [0.15, 0.2) is 0 Å². The summed E-state index contributed by atoms with van der Waals surface area (Å²) < 4.78 is 88.3. The number of rotatable bonds is 21. The lowest BCUT2D eigenvalue weighted by Crippen LogP contribution is -2.24. The van der Waals surface area contributed by atoms with E-state index in [4.69, 9.17) is 0 Å². The first kappa shape index (κ1) is 72.6. The van der Waals surface area contributed by atoms with Crippen molar-refractivity contribution in [3.8, 4) is 17.2 Å². The Labute approximate surface area is 588 Å². The average molecular weight is 1440 g/mol. The van der Waals surface area contributed by atoms with Crippen LogP contribution in [-0.2, 0) is 30.1 Å². The molecule has 0 amide bonds. The second-order valence-corrected chi connectivity index (χ2v) is 33.0. The van der Waals surface area contributed by atoms with E-state index in [2.05, 4.69) is 38.8 Å². The Kier molecular flexibility index (Phi) is 24.6. The van der Waals surface area contributed by atoms with Crippen LogP contribution in [0.5, 0.6) is 17.2 Å². The number of thioether (sulfide) groups is 3. The van der Waals surface area contributed by atoms with Gasteiger partial charge in [-0.05, 0) is 122 Å². The van der Waals surface area contributed by atoms with Crippen molar-refractivity contribution >= 4 is 120 Å². The Morgan fingerprint density at radius 2 is 0.673 bits per heavy atom. The molecule has 2 saturated carbocycles. The number of benzene rings is 9. The Morgan fingerprint density at radius 1 is 0.378 bits per heavy atom. The van der Waals surface area contributed by atoms with Crippen molar-refractivity contribution in [3.63, 3.8) is 0 Å². The second kappa shape index (κ2) is 33.2. The van der Waals surface area contributed by atoms with Crippen LogP contribution < -0.4 is 19.1 Å². The minimum absolute atomic E-state index is 0.0231. The topological polar surface area (TPSA) is 263 Å². The SMILES string of the molecule is C=C(O)CSc1cc(NS(=O)(=O)c2cccc(C3CCCCC3)c2)c2ccccc2c1O.C=C(O)CSc1cc(NS(=O)(=O)c2cccc(C3CCCCCC3)c2)c2ccccc2c1O.C=C(O)CSc1cc(NS(=O)(=O)c2cccc(N3CCCCCC3)c2)c2ccccc2c1O. The molecular formula is C76H84N4O12S6. The van der Waals surface area contributed by atoms with Crippen molar-refractivity contribution in [1.82, 2.24) is 0 Å². The maximum absolute atomic E-state index is 13.4. The zero-order valence-corrected chi connectivity index (χ0v) is 59.4. The van der Waals surface area contributed by atoms with E-state index in [1.165, 1.54) is 93.1 Å². The summed E-state index contributed by atoms with van der Waals surface area (Å²) in [5, 5.41) is 63.8. The molecule has 1 aliphatic heterocycles. The standard InChI is InChI=1S/C26H29NO4S2.C25H28N2O4S2.C25H27NO4S2/c1-18(28)17-32-25-16-24(22-13-6-7-14-23(22)26(25)29)27-33(30,31)21-12-8-11-20(15-21)19-9-4-2-3-5-10-19;1-18(28)17-32-24-16-23(21-11-4-5-12-22(21)25(24)29)26-33(30,31)20-10-8-9-19(15-20)27-13-6-2-3-7-14-27;1-17(27)16-31-24-15-23(21-12-5-6-13-22(21)25(24)28)26-32(29,30)20-11-7-10-19(14-20)18-8-3-2-4-9-18/h6-8,11-16,19,27-29H,1-5,9-10,17H2;4-5,8-12,15-16,26,28-29H,1-3,6-7,13-14,17H2;5-7,10-15,18,26-28H,1-4,8-9,16H2. The van der Waals surface area contributed by atoms with Crippen molar-refractivity contribution in [2.75, 3.05) is 49.4 Å². The first-order valence-electron chi connectivity index (χ1n) is 32.9.